The molecule has 0 spiro atoms. The number of nitrogens with one attached hydrogen (secondary N) is 4. The van der Waals surface area contributed by atoms with Crippen LogP contribution in [-0.4, -0.2) is 163 Å². The minimum absolute atomic E-state index is 0.0167. The van der Waals surface area contributed by atoms with E-state index in [9.17, 15) is 43.2 Å². The van der Waals surface area contributed by atoms with Gasteiger partial charge in [0.2, 0.25) is 17.7 Å². The molecule has 0 radical (unpaired) electrons. The number of ether oxygens (including phenoxy) is 5. The number of primary amides is 1. The van der Waals surface area contributed by atoms with Gasteiger partial charge < -0.3 is 65.4 Å². The normalized spacial score (nSPS) is 16.4. The summed E-state index contributed by atoms with van der Waals surface area (Å²) in [5.74, 6) is -1.89. The second-order valence-corrected chi connectivity index (χ2v) is 23.7. The van der Waals surface area contributed by atoms with Crippen LogP contribution in [0.15, 0.2) is 119 Å². The summed E-state index contributed by atoms with van der Waals surface area (Å²) in [7, 11) is 2.95. The molecule has 94 heavy (non-hydrogen) atoms. The van der Waals surface area contributed by atoms with Gasteiger partial charge >= 0.3 is 12.1 Å². The van der Waals surface area contributed by atoms with Crippen molar-refractivity contribution in [3.8, 4) is 23.0 Å². The van der Waals surface area contributed by atoms with E-state index in [1.54, 1.807) is 84.6 Å². The van der Waals surface area contributed by atoms with Crippen LogP contribution in [0.2, 0.25) is 0 Å². The van der Waals surface area contributed by atoms with Gasteiger partial charge in [0.1, 0.15) is 31.9 Å². The number of fused-ring (bicyclic) bond motifs is 6. The number of hydrogen-bond acceptors (Lipinski definition) is 16. The van der Waals surface area contributed by atoms with Crippen molar-refractivity contribution in [2.24, 2.45) is 21.6 Å². The van der Waals surface area contributed by atoms with Crippen LogP contribution in [0, 0.1) is 5.92 Å². The molecule has 0 saturated carbocycles. The highest BCUT2D eigenvalue weighted by molar-refractivity contribution is 6.13. The Morgan fingerprint density at radius 1 is 0.649 bits per heavy atom. The molecule has 4 atom stereocenters. The second-order valence-electron chi connectivity index (χ2n) is 23.7. The van der Waals surface area contributed by atoms with E-state index < -0.39 is 36.0 Å². The lowest BCUT2D eigenvalue weighted by atomic mass is 9.94. The molecular weight excluding hydrogens is 1210 g/mol. The summed E-state index contributed by atoms with van der Waals surface area (Å²) in [6.07, 6.45) is 8.48. The van der Waals surface area contributed by atoms with E-state index in [4.69, 9.17) is 39.4 Å². The molecule has 5 aliphatic rings. The number of rotatable bonds is 28. The molecule has 6 N–H and O–H groups in total. The molecule has 492 valence electrons. The van der Waals surface area contributed by atoms with Crippen molar-refractivity contribution in [3.63, 3.8) is 0 Å². The van der Waals surface area contributed by atoms with E-state index in [2.05, 4.69) is 33.4 Å². The summed E-state index contributed by atoms with van der Waals surface area (Å²) in [6, 6.07) is 25.8. The van der Waals surface area contributed by atoms with Crippen molar-refractivity contribution in [2.45, 2.75) is 109 Å². The lowest BCUT2D eigenvalue weighted by molar-refractivity contribution is -0.137. The molecular formula is C69H77N11O14. The van der Waals surface area contributed by atoms with Crippen molar-refractivity contribution in [2.75, 3.05) is 58.9 Å². The van der Waals surface area contributed by atoms with E-state index in [0.717, 1.165) is 27.2 Å². The number of carbonyl (C=O) groups is 9. The zero-order valence-electron chi connectivity index (χ0n) is 52.9. The van der Waals surface area contributed by atoms with Crippen LogP contribution in [0.25, 0.3) is 0 Å². The third kappa shape index (κ3) is 16.2. The Bertz CT molecular complexity index is 3630. The molecule has 0 unspecified atom stereocenters. The number of unbranched alkanes of at least 4 members (excludes halogenated alkanes) is 2. The van der Waals surface area contributed by atoms with Gasteiger partial charge in [0.05, 0.1) is 61.9 Å². The van der Waals surface area contributed by atoms with Crippen LogP contribution in [0.5, 0.6) is 23.0 Å². The van der Waals surface area contributed by atoms with Gasteiger partial charge in [-0.1, -0.05) is 80.9 Å². The Morgan fingerprint density at radius 3 is 1.71 bits per heavy atom. The molecule has 0 saturated heterocycles. The van der Waals surface area contributed by atoms with Gasteiger partial charge in [-0.25, -0.2) is 9.59 Å². The maximum absolute atomic E-state index is 14.2. The Balaban J connectivity index is 0.789. The van der Waals surface area contributed by atoms with E-state index in [-0.39, 0.29) is 113 Å². The van der Waals surface area contributed by atoms with Gasteiger partial charge in [0.25, 0.3) is 23.6 Å². The van der Waals surface area contributed by atoms with Gasteiger partial charge in [-0.2, -0.15) is 0 Å². The first-order chi connectivity index (χ1) is 45.4. The maximum atomic E-state index is 14.2. The van der Waals surface area contributed by atoms with Gasteiger partial charge in [0, 0.05) is 75.0 Å². The highest BCUT2D eigenvalue weighted by Gasteiger charge is 2.36. The standard InChI is InChI=1S/C69H77N11O14/c1-42(2)63(76-60(81)18-6-5-11-26-78-61(82)23-24-62(78)83)65(85)75-53(17-12-25-71-68(70)88)64(84)74-48-21-19-43(20-22-48)41-94-69(89)77(27-29-92-58-35-54-51(33-56(58)90-3)66(86)79-39-46-15-9-7-13-44(46)31-49(79)37-72-54)28-30-93-59-36-55-52(34-57(59)91-4)67(87)80-40-47-16-10-8-14-45(47)32-50(80)38-73-55/h7-10,13-16,19-24,33-38,42,49-50,53,63H,5-6,11-12,17-18,25-32,39-41H2,1-4H3,(H,74,84)(H,75,85)(H,76,81)(H3,70,71,88)/t49-,50-,53-,63-/m0/s1. The Morgan fingerprint density at radius 2 is 1.19 bits per heavy atom. The average molecular weight is 1280 g/mol. The second kappa shape index (κ2) is 30.7. The SMILES string of the molecule is COc1cc2c(cc1OCCN(CCOc1cc3c(cc1OC)C(=O)N1Cc4ccccc4C[C@H]1C=N3)C(=O)OCc1ccc(NC(=O)[C@H](CCCNC(N)=O)NC(=O)[C@@H](NC(=O)CCCCCN3C(=O)C=CC3=O)C(C)C)cc1)N=C[C@@H]1Cc3ccccc3CN1C2=O. The quantitative estimate of drug-likeness (QED) is 0.0252. The van der Waals surface area contributed by atoms with E-state index in [1.165, 1.54) is 31.3 Å². The first kappa shape index (κ1) is 66.3. The summed E-state index contributed by atoms with van der Waals surface area (Å²) in [6.45, 7) is 4.38. The Labute approximate surface area is 544 Å². The summed E-state index contributed by atoms with van der Waals surface area (Å²) in [4.78, 5) is 134. The number of hydrogen-bond donors (Lipinski definition) is 5. The van der Waals surface area contributed by atoms with E-state index >= 15 is 0 Å². The molecule has 5 aromatic carbocycles. The monoisotopic (exact) mass is 1280 g/mol. The average Bonchev–Trinajstić information content (AvgIpc) is 1.54. The lowest BCUT2D eigenvalue weighted by Crippen LogP contribution is -2.54. The first-order valence-electron chi connectivity index (χ1n) is 31.5. The zero-order chi connectivity index (χ0) is 66.4. The minimum atomic E-state index is -1.11. The molecule has 5 aromatic rings. The van der Waals surface area contributed by atoms with Gasteiger partial charge in [-0.05, 0) is 96.5 Å². The fourth-order valence-corrected chi connectivity index (χ4v) is 11.8. The highest BCUT2D eigenvalue weighted by Crippen LogP contribution is 2.40. The van der Waals surface area contributed by atoms with Crippen LogP contribution in [-0.2, 0) is 61.2 Å². The molecule has 10 amide bonds. The Hall–Kier alpha value is -10.6. The topological polar surface area (TPSA) is 312 Å². The molecule has 0 bridgehead atoms. The predicted molar refractivity (Wildman–Crippen MR) is 348 cm³/mol. The van der Waals surface area contributed by atoms with Gasteiger partial charge in [-0.15, -0.1) is 0 Å². The van der Waals surface area contributed by atoms with Crippen LogP contribution in [0.3, 0.4) is 0 Å². The van der Waals surface area contributed by atoms with Crippen molar-refractivity contribution >= 4 is 83.0 Å². The van der Waals surface area contributed by atoms with Crippen LogP contribution >= 0.6 is 0 Å². The molecule has 5 aliphatic heterocycles. The highest BCUT2D eigenvalue weighted by atomic mass is 16.6. The number of benzene rings is 5. The van der Waals surface area contributed by atoms with Crippen molar-refractivity contribution in [1.82, 2.24) is 35.6 Å². The maximum Gasteiger partial charge on any atom is 0.410 e. The van der Waals surface area contributed by atoms with Crippen molar-refractivity contribution in [3.05, 3.63) is 148 Å². The third-order valence-corrected chi connectivity index (χ3v) is 17.0. The number of urea groups is 1. The fourth-order valence-electron chi connectivity index (χ4n) is 11.8. The lowest BCUT2D eigenvalue weighted by Gasteiger charge is -2.34. The van der Waals surface area contributed by atoms with Crippen molar-refractivity contribution in [1.29, 1.82) is 0 Å². The summed E-state index contributed by atoms with van der Waals surface area (Å²) < 4.78 is 30.1. The van der Waals surface area contributed by atoms with Crippen LogP contribution in [0.4, 0.5) is 26.7 Å². The number of carbonyl (C=O) groups excluding carboxylic acids is 9. The molecule has 25 nitrogen and oxygen atoms in total. The summed E-state index contributed by atoms with van der Waals surface area (Å²) in [5, 5.41) is 10.9. The first-order valence-corrected chi connectivity index (χ1v) is 31.5. The number of amides is 10. The van der Waals surface area contributed by atoms with Crippen molar-refractivity contribution < 1.29 is 66.8 Å². The predicted octanol–water partition coefficient (Wildman–Crippen LogP) is 6.86. The minimum Gasteiger partial charge on any atom is -0.493 e. The van der Waals surface area contributed by atoms with Crippen LogP contribution < -0.4 is 45.9 Å². The number of imide groups is 1. The summed E-state index contributed by atoms with van der Waals surface area (Å²) >= 11 is 0. The smallest absolute Gasteiger partial charge is 0.410 e. The third-order valence-electron chi connectivity index (χ3n) is 17.0. The molecule has 25 heteroatoms. The fraction of sp³-hybridized carbons (Fsp3) is 0.377. The number of anilines is 1. The Kier molecular flexibility index (Phi) is 21.7. The summed E-state index contributed by atoms with van der Waals surface area (Å²) in [5.41, 5.74) is 12.2. The number of nitrogens with two attached hydrogens (primary N) is 1. The van der Waals surface area contributed by atoms with E-state index in [0.29, 0.717) is 102 Å². The molecule has 0 aromatic heterocycles. The van der Waals surface area contributed by atoms with Gasteiger partial charge in [-0.3, -0.25) is 48.4 Å². The van der Waals surface area contributed by atoms with E-state index in [1.807, 2.05) is 36.4 Å². The number of methoxy groups -OCH3 is 2. The molecule has 0 aliphatic carbocycles. The molecule has 5 heterocycles. The molecule has 10 rings (SSSR count). The van der Waals surface area contributed by atoms with Gasteiger partial charge in [0.15, 0.2) is 23.0 Å². The van der Waals surface area contributed by atoms with Crippen LogP contribution in [0.1, 0.15) is 101 Å². The largest absolute Gasteiger partial charge is 0.493 e. The zero-order valence-corrected chi connectivity index (χ0v) is 52.9. The number of nitrogens with zero attached hydrogens (tertiary/aromatic N) is 6. The molecule has 0 fully saturated rings. The number of aliphatic imine (C=N–C) groups is 2.